The Bertz CT molecular complexity index is 755. The topological polar surface area (TPSA) is 109 Å². The molecule has 1 saturated heterocycles. The fourth-order valence-corrected chi connectivity index (χ4v) is 3.17. The minimum absolute atomic E-state index is 0.0950. The molecule has 0 radical (unpaired) electrons. The molecule has 0 aromatic carbocycles. The molecule has 1 aliphatic heterocycles. The average Bonchev–Trinajstić information content (AvgIpc) is 3.37. The molecular formula is C18H26N6O3. The van der Waals surface area contributed by atoms with Crippen molar-refractivity contribution in [2.45, 2.75) is 26.2 Å². The molecule has 0 bridgehead atoms. The van der Waals surface area contributed by atoms with E-state index in [1.165, 1.54) is 0 Å². The van der Waals surface area contributed by atoms with Crippen molar-refractivity contribution < 1.29 is 13.9 Å². The monoisotopic (exact) mass is 374 g/mol. The van der Waals surface area contributed by atoms with Gasteiger partial charge in [0.25, 0.3) is 0 Å². The van der Waals surface area contributed by atoms with Gasteiger partial charge in [-0.15, -0.1) is 0 Å². The Kier molecular flexibility index (Phi) is 6.45. The number of nitrogens with one attached hydrogen (secondary N) is 2. The first-order valence-corrected chi connectivity index (χ1v) is 9.28. The van der Waals surface area contributed by atoms with Gasteiger partial charge in [0.15, 0.2) is 11.7 Å². The lowest BCUT2D eigenvalue weighted by molar-refractivity contribution is -0.149. The van der Waals surface area contributed by atoms with E-state index in [1.807, 2.05) is 13.0 Å². The number of hydrogen-bond donors (Lipinski definition) is 2. The molecule has 1 fully saturated rings. The molecule has 2 aromatic rings. The second-order valence-corrected chi connectivity index (χ2v) is 6.34. The molecule has 0 amide bonds. The van der Waals surface area contributed by atoms with Gasteiger partial charge in [-0.2, -0.15) is 5.10 Å². The number of H-pyrrole nitrogens is 1. The van der Waals surface area contributed by atoms with Gasteiger partial charge in [0.2, 0.25) is 5.82 Å². The van der Waals surface area contributed by atoms with Crippen LogP contribution in [0.3, 0.4) is 0 Å². The lowest BCUT2D eigenvalue weighted by Gasteiger charge is -2.33. The van der Waals surface area contributed by atoms with Crippen LogP contribution in [0.5, 0.6) is 0 Å². The molecule has 2 aromatic heterocycles. The molecule has 9 heteroatoms. The second-order valence-electron chi connectivity index (χ2n) is 6.34. The quantitative estimate of drug-likeness (QED) is 0.447. The molecular weight excluding hydrogens is 348 g/mol. The first kappa shape index (κ1) is 18.9. The summed E-state index contributed by atoms with van der Waals surface area (Å²) in [4.78, 5) is 22.9. The normalized spacial score (nSPS) is 17.8. The third-order valence-corrected chi connectivity index (χ3v) is 4.47. The number of aliphatic imine (C=N–C) groups is 1. The maximum Gasteiger partial charge on any atom is 0.310 e. The summed E-state index contributed by atoms with van der Waals surface area (Å²) in [6.45, 7) is 4.41. The van der Waals surface area contributed by atoms with Crippen molar-refractivity contribution in [2.24, 2.45) is 10.9 Å². The van der Waals surface area contributed by atoms with Crippen LogP contribution in [-0.2, 0) is 16.0 Å². The summed E-state index contributed by atoms with van der Waals surface area (Å²) >= 11 is 0. The Labute approximate surface area is 158 Å². The largest absolute Gasteiger partial charge is 0.466 e. The number of hydrogen-bond acceptors (Lipinski definition) is 6. The Morgan fingerprint density at radius 2 is 2.44 bits per heavy atom. The van der Waals surface area contributed by atoms with E-state index in [4.69, 9.17) is 9.15 Å². The molecule has 1 unspecified atom stereocenters. The number of guanidine groups is 1. The summed E-state index contributed by atoms with van der Waals surface area (Å²) < 4.78 is 10.5. The number of ether oxygens (including phenoxy) is 1. The van der Waals surface area contributed by atoms with Crippen molar-refractivity contribution in [3.05, 3.63) is 24.2 Å². The zero-order valence-corrected chi connectivity index (χ0v) is 15.8. The van der Waals surface area contributed by atoms with Crippen LogP contribution in [0.1, 0.15) is 25.6 Å². The second kappa shape index (κ2) is 9.20. The number of likely N-dealkylation sites (tertiary alicyclic amines) is 1. The summed E-state index contributed by atoms with van der Waals surface area (Å²) in [6.07, 6.45) is 4.07. The summed E-state index contributed by atoms with van der Waals surface area (Å²) in [5, 5.41) is 10.4. The van der Waals surface area contributed by atoms with Crippen LogP contribution in [0, 0.1) is 5.92 Å². The maximum atomic E-state index is 12.0. The highest BCUT2D eigenvalue weighted by atomic mass is 16.5. The van der Waals surface area contributed by atoms with E-state index in [-0.39, 0.29) is 11.9 Å². The number of aromatic nitrogens is 3. The minimum Gasteiger partial charge on any atom is -0.466 e. The third-order valence-electron chi connectivity index (χ3n) is 4.47. The molecule has 3 heterocycles. The molecule has 0 aliphatic carbocycles. The first-order chi connectivity index (χ1) is 13.2. The highest BCUT2D eigenvalue weighted by Gasteiger charge is 2.28. The number of furan rings is 1. The van der Waals surface area contributed by atoms with Crippen molar-refractivity contribution in [3.8, 4) is 11.6 Å². The van der Waals surface area contributed by atoms with Gasteiger partial charge in [-0.1, -0.05) is 0 Å². The molecule has 1 atom stereocenters. The molecule has 146 valence electrons. The molecule has 27 heavy (non-hydrogen) atoms. The van der Waals surface area contributed by atoms with Gasteiger partial charge in [-0.3, -0.25) is 14.9 Å². The fourth-order valence-electron chi connectivity index (χ4n) is 3.17. The van der Waals surface area contributed by atoms with Crippen LogP contribution in [0.15, 0.2) is 27.8 Å². The molecule has 1 aliphatic rings. The van der Waals surface area contributed by atoms with E-state index >= 15 is 0 Å². The number of carbonyl (C=O) groups is 1. The molecule has 0 spiro atoms. The number of esters is 1. The zero-order chi connectivity index (χ0) is 19.1. The van der Waals surface area contributed by atoms with Crippen molar-refractivity contribution in [2.75, 3.05) is 33.3 Å². The van der Waals surface area contributed by atoms with E-state index in [2.05, 4.69) is 30.4 Å². The predicted molar refractivity (Wildman–Crippen MR) is 100 cm³/mol. The van der Waals surface area contributed by atoms with Gasteiger partial charge in [0.1, 0.15) is 5.82 Å². The maximum absolute atomic E-state index is 12.0. The molecule has 3 rings (SSSR count). The van der Waals surface area contributed by atoms with E-state index in [0.717, 1.165) is 31.2 Å². The average molecular weight is 374 g/mol. The lowest BCUT2D eigenvalue weighted by Crippen LogP contribution is -2.48. The Morgan fingerprint density at radius 1 is 1.56 bits per heavy atom. The molecule has 9 nitrogen and oxygen atoms in total. The smallest absolute Gasteiger partial charge is 0.310 e. The Hall–Kier alpha value is -2.84. The van der Waals surface area contributed by atoms with E-state index in [0.29, 0.717) is 37.7 Å². The minimum atomic E-state index is -0.121. The van der Waals surface area contributed by atoms with E-state index < -0.39 is 0 Å². The van der Waals surface area contributed by atoms with Gasteiger partial charge in [0.05, 0.1) is 18.8 Å². The van der Waals surface area contributed by atoms with E-state index in [9.17, 15) is 4.79 Å². The number of rotatable bonds is 6. The highest BCUT2D eigenvalue weighted by Crippen LogP contribution is 2.18. The van der Waals surface area contributed by atoms with Crippen molar-refractivity contribution in [3.63, 3.8) is 0 Å². The SMILES string of the molecule is CCOC(=O)C1CCCN(C(=NC)NCCc2nc(-c3ccco3)n[nH]2)C1. The van der Waals surface area contributed by atoms with Crippen LogP contribution in [0.4, 0.5) is 0 Å². The summed E-state index contributed by atoms with van der Waals surface area (Å²) in [6, 6.07) is 3.63. The first-order valence-electron chi connectivity index (χ1n) is 9.28. The van der Waals surface area contributed by atoms with Gasteiger partial charge in [-0.05, 0) is 31.9 Å². The summed E-state index contributed by atoms with van der Waals surface area (Å²) in [5.41, 5.74) is 0. The predicted octanol–water partition coefficient (Wildman–Crippen LogP) is 1.46. The zero-order valence-electron chi connectivity index (χ0n) is 15.8. The number of piperidine rings is 1. The third kappa shape index (κ3) is 4.87. The summed E-state index contributed by atoms with van der Waals surface area (Å²) in [5.74, 6) is 2.53. The summed E-state index contributed by atoms with van der Waals surface area (Å²) in [7, 11) is 1.75. The van der Waals surface area contributed by atoms with Gasteiger partial charge in [-0.25, -0.2) is 4.98 Å². The Morgan fingerprint density at radius 3 is 3.19 bits per heavy atom. The number of aromatic amines is 1. The van der Waals surface area contributed by atoms with Crippen LogP contribution < -0.4 is 5.32 Å². The lowest BCUT2D eigenvalue weighted by atomic mass is 9.98. The standard InChI is InChI=1S/C18H26N6O3/c1-3-26-17(25)13-6-4-10-24(12-13)18(19-2)20-9-8-15-21-16(23-22-15)14-7-5-11-27-14/h5,7,11,13H,3-4,6,8-10,12H2,1-2H3,(H,19,20)(H,21,22,23). The van der Waals surface area contributed by atoms with Crippen LogP contribution in [-0.4, -0.2) is 65.3 Å². The number of nitrogens with zero attached hydrogens (tertiary/aromatic N) is 4. The van der Waals surface area contributed by atoms with Crippen LogP contribution in [0.2, 0.25) is 0 Å². The van der Waals surface area contributed by atoms with Gasteiger partial charge < -0.3 is 19.4 Å². The Balaban J connectivity index is 1.50. The number of carbonyl (C=O) groups excluding carboxylic acids is 1. The van der Waals surface area contributed by atoms with Gasteiger partial charge in [0, 0.05) is 33.1 Å². The molecule has 2 N–H and O–H groups in total. The fraction of sp³-hybridized carbons (Fsp3) is 0.556. The van der Waals surface area contributed by atoms with Crippen molar-refractivity contribution >= 4 is 11.9 Å². The van der Waals surface area contributed by atoms with Crippen LogP contribution >= 0.6 is 0 Å². The highest BCUT2D eigenvalue weighted by molar-refractivity contribution is 5.81. The van der Waals surface area contributed by atoms with Crippen molar-refractivity contribution in [1.82, 2.24) is 25.4 Å². The molecule has 0 saturated carbocycles. The van der Waals surface area contributed by atoms with Gasteiger partial charge >= 0.3 is 5.97 Å². The van der Waals surface area contributed by atoms with Crippen molar-refractivity contribution in [1.29, 1.82) is 0 Å². The van der Waals surface area contributed by atoms with E-state index in [1.54, 1.807) is 19.4 Å². The van der Waals surface area contributed by atoms with Crippen LogP contribution in [0.25, 0.3) is 11.6 Å².